The van der Waals surface area contributed by atoms with Crippen LogP contribution in [0.2, 0.25) is 0 Å². The molecule has 2 atom stereocenters. The summed E-state index contributed by atoms with van der Waals surface area (Å²) in [6, 6.07) is 30.3. The highest BCUT2D eigenvalue weighted by Crippen LogP contribution is 2.42. The van der Waals surface area contributed by atoms with E-state index in [1.807, 2.05) is 84.9 Å². The van der Waals surface area contributed by atoms with Gasteiger partial charge in [-0.2, -0.15) is 0 Å². The third-order valence-electron chi connectivity index (χ3n) is 7.73. The van der Waals surface area contributed by atoms with Gasteiger partial charge in [-0.25, -0.2) is 10.4 Å². The van der Waals surface area contributed by atoms with E-state index in [0.29, 0.717) is 53.1 Å². The van der Waals surface area contributed by atoms with Crippen molar-refractivity contribution in [1.82, 2.24) is 10.9 Å². The number of hydrazine groups is 1. The average molecular weight is 626 g/mol. The molecule has 1 amide bonds. The molecular formula is C36H39N3O7. The lowest BCUT2D eigenvalue weighted by Gasteiger charge is -2.31. The Kier molecular flexibility index (Phi) is 10.7. The van der Waals surface area contributed by atoms with E-state index in [1.165, 1.54) is 0 Å². The molecule has 0 bridgehead atoms. The first kappa shape index (κ1) is 32.3. The Morgan fingerprint density at radius 1 is 0.870 bits per heavy atom. The Morgan fingerprint density at radius 3 is 2.13 bits per heavy atom. The fraction of sp³-hybridized carbons (Fsp3) is 0.278. The molecule has 4 aromatic carbocycles. The van der Waals surface area contributed by atoms with Crippen molar-refractivity contribution in [2.75, 3.05) is 34.5 Å². The Bertz CT molecular complexity index is 1590. The minimum Gasteiger partial charge on any atom is -0.496 e. The van der Waals surface area contributed by atoms with Crippen molar-refractivity contribution in [3.63, 3.8) is 0 Å². The number of carbonyl (C=O) groups is 1. The molecule has 0 saturated carbocycles. The molecule has 1 aliphatic heterocycles. The maximum absolute atomic E-state index is 14.4. The van der Waals surface area contributed by atoms with E-state index < -0.39 is 11.6 Å². The summed E-state index contributed by atoms with van der Waals surface area (Å²) in [7, 11) is 4.70. The molecule has 46 heavy (non-hydrogen) atoms. The summed E-state index contributed by atoms with van der Waals surface area (Å²) in [6.07, 6.45) is 0.0952. The van der Waals surface area contributed by atoms with Crippen LogP contribution in [-0.2, 0) is 22.5 Å². The first-order chi connectivity index (χ1) is 22.5. The van der Waals surface area contributed by atoms with E-state index in [0.717, 1.165) is 11.1 Å². The maximum Gasteiger partial charge on any atom is 0.266 e. The van der Waals surface area contributed by atoms with Crippen LogP contribution in [0.15, 0.2) is 102 Å². The number of nitrogens with zero attached hydrogens (tertiary/aromatic N) is 1. The minimum absolute atomic E-state index is 0.0607. The van der Waals surface area contributed by atoms with Crippen molar-refractivity contribution in [1.29, 1.82) is 0 Å². The normalized spacial score (nSPS) is 17.0. The SMILES string of the molecule is COc1cc(OC)c(CNNC(=O)[C@@]2(Cc3ccccc3)N=C(c3ccc(OCCCO)cc3)O[C@H]2c2ccccc2)c(OC)c1. The summed E-state index contributed by atoms with van der Waals surface area (Å²) in [5.74, 6) is 2.33. The van der Waals surface area contributed by atoms with Crippen molar-refractivity contribution >= 4 is 11.8 Å². The predicted octanol–water partition coefficient (Wildman–Crippen LogP) is 4.79. The molecule has 0 fully saturated rings. The molecule has 4 aromatic rings. The quantitative estimate of drug-likeness (QED) is 0.127. The minimum atomic E-state index is -1.37. The number of aliphatic imine (C=N–C) groups is 1. The molecule has 0 aromatic heterocycles. The molecule has 10 heteroatoms. The Labute approximate surface area is 268 Å². The number of nitrogens with one attached hydrogen (secondary N) is 2. The van der Waals surface area contributed by atoms with Gasteiger partial charge in [0.1, 0.15) is 23.0 Å². The van der Waals surface area contributed by atoms with Crippen LogP contribution in [0.3, 0.4) is 0 Å². The van der Waals surface area contributed by atoms with Crippen LogP contribution in [0.5, 0.6) is 23.0 Å². The van der Waals surface area contributed by atoms with E-state index in [-0.39, 0.29) is 25.5 Å². The number of carbonyl (C=O) groups excluding carboxylic acids is 1. The molecule has 240 valence electrons. The number of hydrogen-bond acceptors (Lipinski definition) is 9. The van der Waals surface area contributed by atoms with Gasteiger partial charge in [-0.3, -0.25) is 10.2 Å². The molecule has 1 heterocycles. The van der Waals surface area contributed by atoms with Crippen molar-refractivity contribution < 1.29 is 33.6 Å². The van der Waals surface area contributed by atoms with E-state index in [1.54, 1.807) is 33.5 Å². The van der Waals surface area contributed by atoms with Crippen LogP contribution in [0, 0.1) is 0 Å². The van der Waals surface area contributed by atoms with E-state index in [2.05, 4.69) is 10.9 Å². The van der Waals surface area contributed by atoms with Crippen LogP contribution in [0.25, 0.3) is 0 Å². The summed E-state index contributed by atoms with van der Waals surface area (Å²) in [4.78, 5) is 19.5. The molecule has 10 nitrogen and oxygen atoms in total. The zero-order valence-electron chi connectivity index (χ0n) is 26.2. The van der Waals surface area contributed by atoms with Gasteiger partial charge in [-0.1, -0.05) is 60.7 Å². The number of hydrogen-bond donors (Lipinski definition) is 3. The first-order valence-electron chi connectivity index (χ1n) is 15.0. The van der Waals surface area contributed by atoms with Crippen molar-refractivity contribution in [3.05, 3.63) is 119 Å². The summed E-state index contributed by atoms with van der Waals surface area (Å²) in [5, 5.41) is 9.06. The van der Waals surface area contributed by atoms with Gasteiger partial charge >= 0.3 is 0 Å². The fourth-order valence-electron chi connectivity index (χ4n) is 5.39. The van der Waals surface area contributed by atoms with E-state index >= 15 is 0 Å². The monoisotopic (exact) mass is 625 g/mol. The molecule has 0 aliphatic carbocycles. The number of amides is 1. The summed E-state index contributed by atoms with van der Waals surface area (Å²) < 4.78 is 28.8. The lowest BCUT2D eigenvalue weighted by atomic mass is 9.82. The molecule has 1 aliphatic rings. The summed E-state index contributed by atoms with van der Waals surface area (Å²) >= 11 is 0. The Balaban J connectivity index is 1.49. The third-order valence-corrected chi connectivity index (χ3v) is 7.73. The zero-order valence-corrected chi connectivity index (χ0v) is 26.2. The molecule has 0 unspecified atom stereocenters. The molecule has 3 N–H and O–H groups in total. The third kappa shape index (κ3) is 7.25. The van der Waals surface area contributed by atoms with Crippen LogP contribution in [0.1, 0.15) is 34.8 Å². The average Bonchev–Trinajstić information content (AvgIpc) is 3.49. The molecular weight excluding hydrogens is 586 g/mol. The van der Waals surface area contributed by atoms with Gasteiger partial charge in [0.25, 0.3) is 5.91 Å². The van der Waals surface area contributed by atoms with E-state index in [4.69, 9.17) is 33.8 Å². The lowest BCUT2D eigenvalue weighted by Crippen LogP contribution is -2.53. The number of ether oxygens (including phenoxy) is 5. The largest absolute Gasteiger partial charge is 0.496 e. The van der Waals surface area contributed by atoms with Crippen molar-refractivity contribution in [2.45, 2.75) is 31.0 Å². The van der Waals surface area contributed by atoms with E-state index in [9.17, 15) is 4.79 Å². The molecule has 0 spiro atoms. The topological polar surface area (TPSA) is 120 Å². The van der Waals surface area contributed by atoms with Gasteiger partial charge in [0.2, 0.25) is 5.90 Å². The second kappa shape index (κ2) is 15.3. The smallest absolute Gasteiger partial charge is 0.266 e. The standard InChI is InChI=1S/C36H39N3O7/c1-42-29-21-31(43-2)30(32(22-29)44-3)24-37-39-35(41)36(23-25-11-6-4-7-12-25)33(26-13-8-5-9-14-26)46-34(38-36)27-15-17-28(18-16-27)45-20-10-19-40/h4-9,11-18,21-22,33,37,40H,10,19-20,23-24H2,1-3H3,(H,39,41)/t33-,36-/m0/s1. The predicted molar refractivity (Wildman–Crippen MR) is 174 cm³/mol. The van der Waals surface area contributed by atoms with Crippen LogP contribution >= 0.6 is 0 Å². The lowest BCUT2D eigenvalue weighted by molar-refractivity contribution is -0.130. The number of rotatable bonds is 15. The van der Waals surface area contributed by atoms with Crippen LogP contribution in [-0.4, -0.2) is 57.0 Å². The fourth-order valence-corrected chi connectivity index (χ4v) is 5.39. The van der Waals surface area contributed by atoms with Crippen molar-refractivity contribution in [3.8, 4) is 23.0 Å². The summed E-state index contributed by atoms with van der Waals surface area (Å²) in [5.41, 5.74) is 7.78. The number of aliphatic hydroxyl groups excluding tert-OH is 1. The van der Waals surface area contributed by atoms with Crippen LogP contribution in [0.4, 0.5) is 0 Å². The van der Waals surface area contributed by atoms with Gasteiger partial charge in [-0.15, -0.1) is 0 Å². The summed E-state index contributed by atoms with van der Waals surface area (Å²) in [6.45, 7) is 0.672. The first-order valence-corrected chi connectivity index (χ1v) is 15.0. The van der Waals surface area contributed by atoms with Gasteiger partial charge in [0.05, 0.1) is 33.5 Å². The molecule has 0 radical (unpaired) electrons. The molecule has 0 saturated heterocycles. The van der Waals surface area contributed by atoms with Crippen LogP contribution < -0.4 is 29.8 Å². The van der Waals surface area contributed by atoms with Gasteiger partial charge < -0.3 is 28.8 Å². The maximum atomic E-state index is 14.4. The Hall–Kier alpha value is -5.06. The van der Waals surface area contributed by atoms with Gasteiger partial charge in [0.15, 0.2) is 11.6 Å². The highest BCUT2D eigenvalue weighted by atomic mass is 16.5. The number of aliphatic hydroxyl groups is 1. The second-order valence-corrected chi connectivity index (χ2v) is 10.7. The second-order valence-electron chi connectivity index (χ2n) is 10.7. The highest BCUT2D eigenvalue weighted by Gasteiger charge is 2.53. The number of methoxy groups -OCH3 is 3. The highest BCUT2D eigenvalue weighted by molar-refractivity contribution is 6.01. The van der Waals surface area contributed by atoms with Gasteiger partial charge in [0, 0.05) is 43.7 Å². The Morgan fingerprint density at radius 2 is 1.52 bits per heavy atom. The molecule has 5 rings (SSSR count). The number of benzene rings is 4. The zero-order chi connectivity index (χ0) is 32.4. The van der Waals surface area contributed by atoms with Crippen molar-refractivity contribution in [2.24, 2.45) is 4.99 Å². The van der Waals surface area contributed by atoms with Gasteiger partial charge in [-0.05, 0) is 35.4 Å².